The van der Waals surface area contributed by atoms with Crippen LogP contribution in [0, 0.1) is 11.3 Å². The Morgan fingerprint density at radius 3 is 2.43 bits per heavy atom. The molecule has 0 aliphatic carbocycles. The predicted octanol–water partition coefficient (Wildman–Crippen LogP) is 5.46. The van der Waals surface area contributed by atoms with Crippen LogP contribution in [0.25, 0.3) is 6.08 Å². The lowest BCUT2D eigenvalue weighted by molar-refractivity contribution is -0.138. The lowest BCUT2D eigenvalue weighted by atomic mass is 10.1. The van der Waals surface area contributed by atoms with Gasteiger partial charge >= 0.3 is 6.18 Å². The third-order valence-electron chi connectivity index (χ3n) is 3.53. The Bertz CT molecular complexity index is 1060. The van der Waals surface area contributed by atoms with E-state index in [1.165, 1.54) is 30.3 Å². The fourth-order valence-electron chi connectivity index (χ4n) is 2.29. The second-order valence-corrected chi connectivity index (χ2v) is 7.33. The number of imide groups is 1. The summed E-state index contributed by atoms with van der Waals surface area (Å²) in [6.07, 6.45) is -3.22. The minimum atomic E-state index is -4.70. The molecular formula is C18H8BrF3N2O3S. The molecule has 1 N–H and O–H groups in total. The molecule has 1 saturated heterocycles. The Morgan fingerprint density at radius 1 is 1.14 bits per heavy atom. The quantitative estimate of drug-likeness (QED) is 0.605. The normalized spacial score (nSPS) is 15.5. The van der Waals surface area contributed by atoms with Gasteiger partial charge in [-0.2, -0.15) is 18.4 Å². The van der Waals surface area contributed by atoms with Gasteiger partial charge in [0.05, 0.1) is 26.6 Å². The van der Waals surface area contributed by atoms with Crippen LogP contribution in [-0.4, -0.2) is 11.1 Å². The largest absolute Gasteiger partial charge is 0.456 e. The fraction of sp³-hybridized carbons (Fsp3) is 0.0556. The summed E-state index contributed by atoms with van der Waals surface area (Å²) in [5.74, 6) is -0.856. The van der Waals surface area contributed by atoms with Crippen LogP contribution in [0.3, 0.4) is 0 Å². The Balaban J connectivity index is 1.91. The number of nitriles is 1. The highest BCUT2D eigenvalue weighted by molar-refractivity contribution is 9.10. The number of thioether (sulfide) groups is 1. The molecule has 1 heterocycles. The summed E-state index contributed by atoms with van der Waals surface area (Å²) in [7, 11) is 0. The summed E-state index contributed by atoms with van der Waals surface area (Å²) in [6.45, 7) is 0. The maximum atomic E-state index is 13.3. The van der Waals surface area contributed by atoms with Crippen LogP contribution in [0.4, 0.5) is 18.0 Å². The Hall–Kier alpha value is -2.77. The third kappa shape index (κ3) is 4.37. The van der Waals surface area contributed by atoms with E-state index in [0.29, 0.717) is 10.0 Å². The van der Waals surface area contributed by atoms with Crippen LogP contribution in [0.2, 0.25) is 0 Å². The maximum Gasteiger partial charge on any atom is 0.420 e. The van der Waals surface area contributed by atoms with Gasteiger partial charge in [0.15, 0.2) is 0 Å². The summed E-state index contributed by atoms with van der Waals surface area (Å²) in [5, 5.41) is 10.5. The zero-order valence-corrected chi connectivity index (χ0v) is 16.0. The van der Waals surface area contributed by atoms with E-state index in [2.05, 4.69) is 21.2 Å². The van der Waals surface area contributed by atoms with Crippen molar-refractivity contribution in [2.45, 2.75) is 6.18 Å². The first-order valence-electron chi connectivity index (χ1n) is 7.51. The molecule has 0 radical (unpaired) electrons. The van der Waals surface area contributed by atoms with E-state index in [-0.39, 0.29) is 16.2 Å². The van der Waals surface area contributed by atoms with Crippen molar-refractivity contribution in [2.75, 3.05) is 0 Å². The zero-order chi connectivity index (χ0) is 20.5. The van der Waals surface area contributed by atoms with E-state index in [1.807, 2.05) is 0 Å². The molecule has 0 saturated carbocycles. The molecule has 0 aromatic heterocycles. The minimum absolute atomic E-state index is 0.108. The first-order chi connectivity index (χ1) is 13.2. The van der Waals surface area contributed by atoms with Gasteiger partial charge in [-0.25, -0.2) is 0 Å². The number of benzene rings is 2. The smallest absolute Gasteiger partial charge is 0.420 e. The molecule has 0 atom stereocenters. The second kappa shape index (κ2) is 7.69. The van der Waals surface area contributed by atoms with Gasteiger partial charge < -0.3 is 4.74 Å². The number of hydrogen-bond acceptors (Lipinski definition) is 5. The monoisotopic (exact) mass is 468 g/mol. The fourth-order valence-corrected chi connectivity index (χ4v) is 3.45. The molecule has 1 aliphatic heterocycles. The van der Waals surface area contributed by atoms with Gasteiger partial charge in [-0.1, -0.05) is 6.07 Å². The third-order valence-corrected chi connectivity index (χ3v) is 4.96. The van der Waals surface area contributed by atoms with Gasteiger partial charge in [0.1, 0.15) is 11.5 Å². The van der Waals surface area contributed by atoms with Crippen LogP contribution >= 0.6 is 27.7 Å². The van der Waals surface area contributed by atoms with Crippen molar-refractivity contribution < 1.29 is 27.5 Å². The van der Waals surface area contributed by atoms with E-state index in [1.54, 1.807) is 6.07 Å². The summed E-state index contributed by atoms with van der Waals surface area (Å²) in [4.78, 5) is 23.0. The first-order valence-corrected chi connectivity index (χ1v) is 9.12. The summed E-state index contributed by atoms with van der Waals surface area (Å²) < 4.78 is 45.5. The van der Waals surface area contributed by atoms with Crippen molar-refractivity contribution >= 4 is 44.9 Å². The number of hydrogen-bond donors (Lipinski definition) is 1. The number of carbonyl (C=O) groups is 2. The van der Waals surface area contributed by atoms with E-state index in [9.17, 15) is 22.8 Å². The van der Waals surface area contributed by atoms with Crippen molar-refractivity contribution in [1.29, 1.82) is 5.26 Å². The van der Waals surface area contributed by atoms with Crippen LogP contribution in [-0.2, 0) is 11.0 Å². The topological polar surface area (TPSA) is 79.2 Å². The number of rotatable bonds is 3. The molecule has 2 aromatic rings. The van der Waals surface area contributed by atoms with Crippen molar-refractivity contribution in [3.8, 4) is 17.6 Å². The van der Waals surface area contributed by atoms with E-state index < -0.39 is 28.6 Å². The standard InChI is InChI=1S/C18H8BrF3N2O3S/c19-12-6-9(7-15-16(25)24-17(26)28-15)1-4-14(12)27-13-3-2-10(8-23)5-11(13)18(20,21)22/h1-7H,(H,24,25,26)/b15-7-. The van der Waals surface area contributed by atoms with Crippen LogP contribution in [0.1, 0.15) is 16.7 Å². The molecule has 0 bridgehead atoms. The van der Waals surface area contributed by atoms with Gasteiger partial charge in [-0.3, -0.25) is 14.9 Å². The van der Waals surface area contributed by atoms with Crippen LogP contribution in [0.15, 0.2) is 45.8 Å². The minimum Gasteiger partial charge on any atom is -0.456 e. The second-order valence-electron chi connectivity index (χ2n) is 5.46. The Labute approximate surface area is 169 Å². The molecule has 1 fully saturated rings. The number of nitrogens with zero attached hydrogens (tertiary/aromatic N) is 1. The molecule has 142 valence electrons. The van der Waals surface area contributed by atoms with Gasteiger partial charge in [0, 0.05) is 0 Å². The molecule has 10 heteroatoms. The van der Waals surface area contributed by atoms with Crippen LogP contribution < -0.4 is 10.1 Å². The van der Waals surface area contributed by atoms with E-state index in [0.717, 1.165) is 23.9 Å². The number of alkyl halides is 3. The average molecular weight is 469 g/mol. The molecule has 2 aromatic carbocycles. The number of amides is 2. The average Bonchev–Trinajstić information content (AvgIpc) is 2.93. The Kier molecular flexibility index (Phi) is 5.49. The van der Waals surface area contributed by atoms with E-state index >= 15 is 0 Å². The molecule has 28 heavy (non-hydrogen) atoms. The molecule has 0 spiro atoms. The van der Waals surface area contributed by atoms with E-state index in [4.69, 9.17) is 10.00 Å². The van der Waals surface area contributed by atoms with Gasteiger partial charge in [0.2, 0.25) is 0 Å². The molecule has 1 aliphatic rings. The van der Waals surface area contributed by atoms with Gasteiger partial charge in [-0.05, 0) is 69.7 Å². The molecule has 3 rings (SSSR count). The highest BCUT2D eigenvalue weighted by Crippen LogP contribution is 2.40. The highest BCUT2D eigenvalue weighted by atomic mass is 79.9. The SMILES string of the molecule is N#Cc1ccc(Oc2ccc(/C=C3\SC(=O)NC3=O)cc2Br)c(C(F)(F)F)c1. The molecule has 5 nitrogen and oxygen atoms in total. The zero-order valence-electron chi connectivity index (χ0n) is 13.6. The number of nitrogens with one attached hydrogen (secondary N) is 1. The lowest BCUT2D eigenvalue weighted by Gasteiger charge is -2.15. The molecule has 2 amide bonds. The lowest BCUT2D eigenvalue weighted by Crippen LogP contribution is -2.17. The highest BCUT2D eigenvalue weighted by Gasteiger charge is 2.35. The van der Waals surface area contributed by atoms with Crippen LogP contribution in [0.5, 0.6) is 11.5 Å². The predicted molar refractivity (Wildman–Crippen MR) is 99.5 cm³/mol. The summed E-state index contributed by atoms with van der Waals surface area (Å²) in [5.41, 5.74) is -0.660. The van der Waals surface area contributed by atoms with Crippen molar-refractivity contribution in [3.05, 3.63) is 62.5 Å². The van der Waals surface area contributed by atoms with Crippen molar-refractivity contribution in [3.63, 3.8) is 0 Å². The molecular weight excluding hydrogens is 461 g/mol. The van der Waals surface area contributed by atoms with Crippen molar-refractivity contribution in [1.82, 2.24) is 5.32 Å². The number of ether oxygens (including phenoxy) is 1. The van der Waals surface area contributed by atoms with Gasteiger partial charge in [0.25, 0.3) is 11.1 Å². The number of carbonyl (C=O) groups excluding carboxylic acids is 2. The summed E-state index contributed by atoms with van der Waals surface area (Å²) >= 11 is 3.97. The first kappa shape index (κ1) is 20.0. The van der Waals surface area contributed by atoms with Gasteiger partial charge in [-0.15, -0.1) is 0 Å². The van der Waals surface area contributed by atoms with Crippen molar-refractivity contribution in [2.24, 2.45) is 0 Å². The summed E-state index contributed by atoms with van der Waals surface area (Å²) in [6, 6.07) is 9.17. The maximum absolute atomic E-state index is 13.3. The Morgan fingerprint density at radius 2 is 1.86 bits per heavy atom. The molecule has 0 unspecified atom stereocenters. The number of halogens is 4.